The normalized spacial score (nSPS) is 12.4. The third-order valence-corrected chi connectivity index (χ3v) is 4.26. The maximum Gasteiger partial charge on any atom is 0.220 e. The number of halogens is 1. The number of imidazole rings is 1. The van der Waals surface area contributed by atoms with E-state index in [4.69, 9.17) is 16.3 Å². The van der Waals surface area contributed by atoms with E-state index in [1.54, 1.807) is 7.11 Å². The van der Waals surface area contributed by atoms with E-state index in [0.29, 0.717) is 23.8 Å². The summed E-state index contributed by atoms with van der Waals surface area (Å²) in [5.41, 5.74) is 3.88. The number of hydrogen-bond acceptors (Lipinski definition) is 3. The molecule has 118 valence electrons. The topological polar surface area (TPSA) is 44.1 Å². The third-order valence-electron chi connectivity index (χ3n) is 3.98. The molecule has 0 spiro atoms. The lowest BCUT2D eigenvalue weighted by Crippen LogP contribution is -2.15. The molecule has 0 saturated heterocycles. The van der Waals surface area contributed by atoms with Crippen LogP contribution in [0.4, 0.5) is 0 Å². The van der Waals surface area contributed by atoms with Crippen LogP contribution >= 0.6 is 11.6 Å². The highest BCUT2D eigenvalue weighted by Crippen LogP contribution is 2.27. The second kappa shape index (κ2) is 7.56. The Morgan fingerprint density at radius 2 is 1.95 bits per heavy atom. The molecule has 4 nitrogen and oxygen atoms in total. The number of benzene rings is 1. The predicted octanol–water partition coefficient (Wildman–Crippen LogP) is 3.63. The van der Waals surface area contributed by atoms with Crippen molar-refractivity contribution in [1.29, 1.82) is 0 Å². The Hall–Kier alpha value is -1.65. The molecule has 0 saturated carbocycles. The number of rotatable bonds is 7. The maximum atomic E-state index is 11.2. The number of nitrogens with zero attached hydrogens (tertiary/aromatic N) is 2. The van der Waals surface area contributed by atoms with Crippen molar-refractivity contribution >= 4 is 18.0 Å². The van der Waals surface area contributed by atoms with Crippen LogP contribution in [0, 0.1) is 0 Å². The minimum Gasteiger partial charge on any atom is -0.373 e. The highest BCUT2D eigenvalue weighted by Gasteiger charge is 2.21. The molecule has 0 aliphatic rings. The summed E-state index contributed by atoms with van der Waals surface area (Å²) in [6, 6.07) is 6.37. The molecular weight excluding hydrogens is 300 g/mol. The molecule has 0 amide bonds. The zero-order chi connectivity index (χ0) is 16.1. The molecule has 0 fully saturated rings. The van der Waals surface area contributed by atoms with Crippen molar-refractivity contribution in [3.05, 3.63) is 52.1 Å². The van der Waals surface area contributed by atoms with Crippen LogP contribution in [0.25, 0.3) is 0 Å². The number of carbonyl (C=O) groups excluding carboxylic acids is 1. The van der Waals surface area contributed by atoms with Crippen molar-refractivity contribution in [3.63, 3.8) is 0 Å². The van der Waals surface area contributed by atoms with Crippen molar-refractivity contribution in [2.24, 2.45) is 0 Å². The molecule has 0 radical (unpaired) electrons. The third kappa shape index (κ3) is 3.23. The fourth-order valence-electron chi connectivity index (χ4n) is 2.77. The van der Waals surface area contributed by atoms with Crippen LogP contribution in [0.5, 0.6) is 0 Å². The second-order valence-electron chi connectivity index (χ2n) is 5.10. The van der Waals surface area contributed by atoms with Crippen LogP contribution in [-0.4, -0.2) is 23.1 Å². The van der Waals surface area contributed by atoms with E-state index in [9.17, 15) is 4.79 Å². The van der Waals surface area contributed by atoms with Crippen molar-refractivity contribution in [3.8, 4) is 0 Å². The van der Waals surface area contributed by atoms with Crippen LogP contribution in [0.15, 0.2) is 24.4 Å². The molecule has 0 bridgehead atoms. The molecule has 0 aliphatic heterocycles. The van der Waals surface area contributed by atoms with Gasteiger partial charge in [-0.15, -0.1) is 0 Å². The number of ether oxygens (including phenoxy) is 1. The molecule has 1 aromatic heterocycles. The van der Waals surface area contributed by atoms with E-state index in [2.05, 4.69) is 37.0 Å². The Bertz CT molecular complexity index is 630. The largest absolute Gasteiger partial charge is 0.373 e. The average Bonchev–Trinajstić information content (AvgIpc) is 2.92. The van der Waals surface area contributed by atoms with Gasteiger partial charge in [0.1, 0.15) is 17.1 Å². The lowest BCUT2D eigenvalue weighted by Gasteiger charge is -2.19. The Balaban J connectivity index is 2.41. The molecule has 22 heavy (non-hydrogen) atoms. The summed E-state index contributed by atoms with van der Waals surface area (Å²) in [6.07, 6.45) is 4.43. The minimum absolute atomic E-state index is 0.298. The monoisotopic (exact) mass is 320 g/mol. The first kappa shape index (κ1) is 16.7. The van der Waals surface area contributed by atoms with Gasteiger partial charge in [0.2, 0.25) is 6.41 Å². The van der Waals surface area contributed by atoms with E-state index in [-0.39, 0.29) is 6.10 Å². The first-order chi connectivity index (χ1) is 10.7. The molecule has 2 rings (SSSR count). The van der Waals surface area contributed by atoms with Gasteiger partial charge in [0.05, 0.1) is 6.20 Å². The Kier molecular flexibility index (Phi) is 5.75. The molecule has 1 heterocycles. The Morgan fingerprint density at radius 3 is 2.45 bits per heavy atom. The number of carbonyl (C=O) groups is 1. The molecule has 0 N–H and O–H groups in total. The van der Waals surface area contributed by atoms with Gasteiger partial charge < -0.3 is 4.74 Å². The summed E-state index contributed by atoms with van der Waals surface area (Å²) >= 11 is 5.98. The quantitative estimate of drug-likeness (QED) is 0.732. The van der Waals surface area contributed by atoms with Gasteiger partial charge >= 0.3 is 0 Å². The summed E-state index contributed by atoms with van der Waals surface area (Å²) < 4.78 is 6.92. The van der Waals surface area contributed by atoms with Gasteiger partial charge in [-0.2, -0.15) is 0 Å². The van der Waals surface area contributed by atoms with E-state index in [0.717, 1.165) is 12.8 Å². The molecule has 5 heteroatoms. The molecule has 1 unspecified atom stereocenters. The highest BCUT2D eigenvalue weighted by atomic mass is 35.5. The summed E-state index contributed by atoms with van der Waals surface area (Å²) in [7, 11) is 1.63. The van der Waals surface area contributed by atoms with Crippen molar-refractivity contribution in [2.75, 3.05) is 7.11 Å². The SMILES string of the molecule is CCc1cccc(CC)c1CC(OC)c1ncc(Cl)n1C=O. The fraction of sp³-hybridized carbons (Fsp3) is 0.412. The van der Waals surface area contributed by atoms with E-state index < -0.39 is 0 Å². The van der Waals surface area contributed by atoms with Crippen molar-refractivity contribution in [1.82, 2.24) is 9.55 Å². The van der Waals surface area contributed by atoms with Gasteiger partial charge in [-0.1, -0.05) is 43.6 Å². The number of hydrogen-bond donors (Lipinski definition) is 0. The average molecular weight is 321 g/mol. The van der Waals surface area contributed by atoms with Crippen molar-refractivity contribution in [2.45, 2.75) is 39.2 Å². The first-order valence-corrected chi connectivity index (χ1v) is 7.84. The first-order valence-electron chi connectivity index (χ1n) is 7.46. The van der Waals surface area contributed by atoms with Gasteiger partial charge in [0, 0.05) is 13.5 Å². The zero-order valence-corrected chi connectivity index (χ0v) is 13.9. The smallest absolute Gasteiger partial charge is 0.220 e. The van der Waals surface area contributed by atoms with Gasteiger partial charge in [-0.3, -0.25) is 9.36 Å². The lowest BCUT2D eigenvalue weighted by atomic mass is 9.93. The predicted molar refractivity (Wildman–Crippen MR) is 88.0 cm³/mol. The molecule has 1 atom stereocenters. The molecular formula is C17H21ClN2O2. The van der Waals surface area contributed by atoms with Crippen LogP contribution in [0.2, 0.25) is 5.15 Å². The van der Waals surface area contributed by atoms with E-state index in [1.165, 1.54) is 27.5 Å². The summed E-state index contributed by atoms with van der Waals surface area (Å²) in [5, 5.41) is 0.298. The molecule has 0 aliphatic carbocycles. The maximum absolute atomic E-state index is 11.2. The summed E-state index contributed by atoms with van der Waals surface area (Å²) in [5.74, 6) is 0.537. The molecule has 1 aromatic carbocycles. The number of methoxy groups -OCH3 is 1. The van der Waals surface area contributed by atoms with E-state index in [1.807, 2.05) is 0 Å². The zero-order valence-electron chi connectivity index (χ0n) is 13.2. The van der Waals surface area contributed by atoms with Crippen LogP contribution in [-0.2, 0) is 28.8 Å². The van der Waals surface area contributed by atoms with Gasteiger partial charge in [-0.05, 0) is 29.5 Å². The summed E-state index contributed by atoms with van der Waals surface area (Å²) in [6.45, 7) is 4.28. The van der Waals surface area contributed by atoms with Gasteiger partial charge in [0.25, 0.3) is 0 Å². The standard InChI is InChI=1S/C17H21ClN2O2/c1-4-12-7-6-8-13(5-2)14(12)9-15(22-3)17-19-10-16(18)20(17)11-21/h6-8,10-11,15H,4-5,9H2,1-3H3. The minimum atomic E-state index is -0.310. The number of aromatic nitrogens is 2. The van der Waals surface area contributed by atoms with Crippen LogP contribution in [0.1, 0.15) is 42.5 Å². The van der Waals surface area contributed by atoms with Crippen LogP contribution < -0.4 is 0 Å². The second-order valence-corrected chi connectivity index (χ2v) is 5.49. The highest BCUT2D eigenvalue weighted by molar-refractivity contribution is 6.30. The van der Waals surface area contributed by atoms with Crippen LogP contribution in [0.3, 0.4) is 0 Å². The van der Waals surface area contributed by atoms with E-state index >= 15 is 0 Å². The van der Waals surface area contributed by atoms with Gasteiger partial charge in [0.15, 0.2) is 0 Å². The molecule has 2 aromatic rings. The Morgan fingerprint density at radius 1 is 1.32 bits per heavy atom. The fourth-order valence-corrected chi connectivity index (χ4v) is 2.95. The van der Waals surface area contributed by atoms with Gasteiger partial charge in [-0.25, -0.2) is 4.98 Å². The Labute approximate surface area is 136 Å². The lowest BCUT2D eigenvalue weighted by molar-refractivity contribution is 0.0949. The number of aryl methyl sites for hydroxylation is 2. The van der Waals surface area contributed by atoms with Crippen molar-refractivity contribution < 1.29 is 9.53 Å². The summed E-state index contributed by atoms with van der Waals surface area (Å²) in [4.78, 5) is 15.5.